The molecular formula is C44H51B2NSi2. The zero-order chi connectivity index (χ0) is 35.1. The Morgan fingerprint density at radius 2 is 0.694 bits per heavy atom. The zero-order valence-corrected chi connectivity index (χ0v) is 33.2. The van der Waals surface area contributed by atoms with Crippen LogP contribution in [0.1, 0.15) is 44.5 Å². The molecule has 0 N–H and O–H groups in total. The van der Waals surface area contributed by atoms with E-state index in [2.05, 4.69) is 199 Å². The lowest BCUT2D eigenvalue weighted by Crippen LogP contribution is -2.67. The molecule has 49 heavy (non-hydrogen) atoms. The Hall–Kier alpha value is -3.90. The van der Waals surface area contributed by atoms with Crippen LogP contribution in [0.2, 0.25) is 39.3 Å². The SMILES string of the molecule is Cc1cc(C)c(C)c(B2C(c3ccccc3)=C(c3ccccc3)B(N([Si](C)(C)C)[Si](C)(C)C)C(c3ccccc3)=C2c2ccccc2)c1C. The summed E-state index contributed by atoms with van der Waals surface area (Å²) < 4.78 is 3.06. The van der Waals surface area contributed by atoms with Crippen molar-refractivity contribution < 1.29 is 0 Å². The second-order valence-corrected chi connectivity index (χ2v) is 25.9. The second kappa shape index (κ2) is 13.8. The van der Waals surface area contributed by atoms with Gasteiger partial charge < -0.3 is 4.14 Å². The highest BCUT2D eigenvalue weighted by molar-refractivity contribution is 7.20. The molecule has 1 nitrogen and oxygen atoms in total. The van der Waals surface area contributed by atoms with Crippen LogP contribution < -0.4 is 5.46 Å². The van der Waals surface area contributed by atoms with Gasteiger partial charge in [-0.2, -0.15) is 0 Å². The van der Waals surface area contributed by atoms with Gasteiger partial charge >= 0.3 is 0 Å². The molecular weight excluding hydrogens is 620 g/mol. The molecule has 5 aromatic carbocycles. The molecule has 1 aliphatic rings. The maximum atomic E-state index is 3.06. The van der Waals surface area contributed by atoms with E-state index >= 15 is 0 Å². The quantitative estimate of drug-likeness (QED) is 0.148. The maximum Gasteiger partial charge on any atom is 0.278 e. The Kier molecular flexibility index (Phi) is 9.83. The minimum atomic E-state index is -1.93. The average Bonchev–Trinajstić information content (AvgIpc) is 3.07. The fourth-order valence-electron chi connectivity index (χ4n) is 8.64. The summed E-state index contributed by atoms with van der Waals surface area (Å²) in [6, 6.07) is 47.8. The van der Waals surface area contributed by atoms with Gasteiger partial charge in [0, 0.05) is 0 Å². The Bertz CT molecular complexity index is 1870. The molecule has 0 saturated carbocycles. The van der Waals surface area contributed by atoms with Crippen LogP contribution in [0.15, 0.2) is 127 Å². The molecule has 0 aliphatic carbocycles. The van der Waals surface area contributed by atoms with E-state index in [1.54, 1.807) is 0 Å². The van der Waals surface area contributed by atoms with E-state index in [1.807, 2.05) is 0 Å². The number of benzene rings is 5. The van der Waals surface area contributed by atoms with E-state index in [4.69, 9.17) is 0 Å². The summed E-state index contributed by atoms with van der Waals surface area (Å²) in [5.41, 5.74) is 18.0. The van der Waals surface area contributed by atoms with Crippen LogP contribution in [0, 0.1) is 27.7 Å². The molecule has 246 valence electrons. The first-order valence-corrected chi connectivity index (χ1v) is 24.8. The zero-order valence-electron chi connectivity index (χ0n) is 31.2. The van der Waals surface area contributed by atoms with Gasteiger partial charge in [-0.15, -0.1) is 0 Å². The highest BCUT2D eigenvalue weighted by Gasteiger charge is 2.51. The maximum absolute atomic E-state index is 3.06. The van der Waals surface area contributed by atoms with Crippen molar-refractivity contribution >= 4 is 57.4 Å². The molecule has 6 rings (SSSR count). The van der Waals surface area contributed by atoms with Crippen molar-refractivity contribution in [3.63, 3.8) is 0 Å². The van der Waals surface area contributed by atoms with Crippen molar-refractivity contribution in [1.82, 2.24) is 4.14 Å². The molecule has 0 fully saturated rings. The average molecular weight is 672 g/mol. The smallest absolute Gasteiger partial charge is 0.278 e. The molecule has 0 aromatic heterocycles. The number of rotatable bonds is 8. The molecule has 5 heteroatoms. The van der Waals surface area contributed by atoms with Crippen LogP contribution in [0.25, 0.3) is 21.9 Å². The van der Waals surface area contributed by atoms with Gasteiger partial charge in [0.15, 0.2) is 0 Å². The van der Waals surface area contributed by atoms with E-state index in [-0.39, 0.29) is 13.6 Å². The predicted molar refractivity (Wildman–Crippen MR) is 224 cm³/mol. The van der Waals surface area contributed by atoms with Crippen LogP contribution in [-0.4, -0.2) is 34.2 Å². The van der Waals surface area contributed by atoms with Gasteiger partial charge in [-0.3, -0.25) is 0 Å². The lowest BCUT2D eigenvalue weighted by Gasteiger charge is -2.52. The monoisotopic (exact) mass is 671 g/mol. The van der Waals surface area contributed by atoms with Crippen LogP contribution in [0.4, 0.5) is 0 Å². The van der Waals surface area contributed by atoms with Crippen molar-refractivity contribution in [3.05, 3.63) is 172 Å². The number of hydrogen-bond donors (Lipinski definition) is 0. The molecule has 0 amide bonds. The van der Waals surface area contributed by atoms with Crippen LogP contribution in [0.5, 0.6) is 0 Å². The molecule has 0 unspecified atom stereocenters. The molecule has 0 atom stereocenters. The van der Waals surface area contributed by atoms with E-state index in [1.165, 1.54) is 71.9 Å². The molecule has 1 heterocycles. The lowest BCUT2D eigenvalue weighted by molar-refractivity contribution is 0.947. The summed E-state index contributed by atoms with van der Waals surface area (Å²) in [7, 11) is -3.87. The van der Waals surface area contributed by atoms with Gasteiger partial charge in [-0.1, -0.05) is 205 Å². The summed E-state index contributed by atoms with van der Waals surface area (Å²) in [4.78, 5) is 0. The normalized spacial score (nSPS) is 14.3. The third-order valence-electron chi connectivity index (χ3n) is 10.5. The summed E-state index contributed by atoms with van der Waals surface area (Å²) in [5, 5.41) is 0. The van der Waals surface area contributed by atoms with E-state index in [0.717, 1.165) is 0 Å². The predicted octanol–water partition coefficient (Wildman–Crippen LogP) is 11.0. The van der Waals surface area contributed by atoms with Gasteiger partial charge in [-0.05, 0) is 61.1 Å². The van der Waals surface area contributed by atoms with E-state index < -0.39 is 16.5 Å². The van der Waals surface area contributed by atoms with Crippen molar-refractivity contribution in [2.24, 2.45) is 0 Å². The molecule has 0 radical (unpaired) electrons. The Morgan fingerprint density at radius 3 is 0.980 bits per heavy atom. The highest BCUT2D eigenvalue weighted by Crippen LogP contribution is 2.49. The molecule has 0 bridgehead atoms. The topological polar surface area (TPSA) is 3.24 Å². The van der Waals surface area contributed by atoms with Gasteiger partial charge in [0.1, 0.15) is 16.5 Å². The standard InChI is InChI=1S/C44H51B2NSi2/c1-32-31-33(2)35(4)40(34(32)3)45-41(36-23-15-11-16-24-36)43(38-27-19-13-20-28-38)46(47(48(5,6)7)49(8,9)10)44(39-29-21-14-22-30-39)42(45)37-25-17-12-18-26-37/h11-31H,1-10H3. The van der Waals surface area contributed by atoms with Crippen LogP contribution >= 0.6 is 0 Å². The molecule has 1 aliphatic heterocycles. The summed E-state index contributed by atoms with van der Waals surface area (Å²) in [5.74, 6) is 0. The van der Waals surface area contributed by atoms with E-state index in [0.29, 0.717) is 0 Å². The first kappa shape index (κ1) is 34.9. The first-order valence-electron chi connectivity index (χ1n) is 17.9. The fourth-order valence-corrected chi connectivity index (χ4v) is 18.8. The van der Waals surface area contributed by atoms with Crippen molar-refractivity contribution in [1.29, 1.82) is 0 Å². The number of hydrogen-bond acceptors (Lipinski definition) is 1. The van der Waals surface area contributed by atoms with Crippen molar-refractivity contribution in [2.75, 3.05) is 0 Å². The highest BCUT2D eigenvalue weighted by atomic mass is 28.4. The van der Waals surface area contributed by atoms with Crippen LogP contribution in [-0.2, 0) is 0 Å². The largest absolute Gasteiger partial charge is 0.380 e. The minimum Gasteiger partial charge on any atom is -0.380 e. The Morgan fingerprint density at radius 1 is 0.408 bits per heavy atom. The first-order chi connectivity index (χ1) is 23.3. The second-order valence-electron chi connectivity index (χ2n) is 15.8. The van der Waals surface area contributed by atoms with Crippen molar-refractivity contribution in [3.8, 4) is 0 Å². The number of aryl methyl sites for hydroxylation is 2. The van der Waals surface area contributed by atoms with Crippen LogP contribution in [0.3, 0.4) is 0 Å². The Balaban J connectivity index is 1.95. The molecule has 0 spiro atoms. The lowest BCUT2D eigenvalue weighted by atomic mass is 9.22. The van der Waals surface area contributed by atoms with Gasteiger partial charge in [-0.25, -0.2) is 0 Å². The van der Waals surface area contributed by atoms with Gasteiger partial charge in [0.05, 0.1) is 0 Å². The van der Waals surface area contributed by atoms with Gasteiger partial charge in [0.2, 0.25) is 6.71 Å². The summed E-state index contributed by atoms with van der Waals surface area (Å²) >= 11 is 0. The molecule has 5 aromatic rings. The minimum absolute atomic E-state index is 0.0233. The van der Waals surface area contributed by atoms with Gasteiger partial charge in [0.25, 0.3) is 6.85 Å². The molecule has 0 saturated heterocycles. The third kappa shape index (κ3) is 6.69. The van der Waals surface area contributed by atoms with E-state index in [9.17, 15) is 0 Å². The third-order valence-corrected chi connectivity index (χ3v) is 17.9. The fraction of sp³-hybridized carbons (Fsp3) is 0.227. The summed E-state index contributed by atoms with van der Waals surface area (Å²) in [6.45, 7) is 24.8. The Labute approximate surface area is 299 Å². The number of nitrogens with zero attached hydrogens (tertiary/aromatic N) is 1. The summed E-state index contributed by atoms with van der Waals surface area (Å²) in [6.07, 6.45) is 0. The van der Waals surface area contributed by atoms with Crippen molar-refractivity contribution in [2.45, 2.75) is 67.0 Å².